The minimum atomic E-state index is -4.53. The summed E-state index contributed by atoms with van der Waals surface area (Å²) in [5.41, 5.74) is -0.484. The van der Waals surface area contributed by atoms with Crippen molar-refractivity contribution in [3.05, 3.63) is 48.0 Å². The van der Waals surface area contributed by atoms with E-state index in [0.717, 1.165) is 6.07 Å². The second-order valence-corrected chi connectivity index (χ2v) is 5.33. The maximum absolute atomic E-state index is 12.9. The summed E-state index contributed by atoms with van der Waals surface area (Å²) in [6.45, 7) is 0.225. The smallest absolute Gasteiger partial charge is 0.418 e. The van der Waals surface area contributed by atoms with Crippen molar-refractivity contribution in [1.82, 2.24) is 0 Å². The van der Waals surface area contributed by atoms with Crippen LogP contribution in [0, 0.1) is 0 Å². The highest BCUT2D eigenvalue weighted by Gasteiger charge is 2.33. The first-order valence-corrected chi connectivity index (χ1v) is 7.77. The van der Waals surface area contributed by atoms with Gasteiger partial charge in [-0.15, -0.1) is 0 Å². The van der Waals surface area contributed by atoms with Crippen LogP contribution in [0.25, 0.3) is 0 Å². The molecule has 0 aromatic heterocycles. The molecule has 0 aliphatic rings. The number of halogens is 3. The van der Waals surface area contributed by atoms with Crippen LogP contribution in [0.4, 0.5) is 24.5 Å². The Morgan fingerprint density at radius 1 is 1.04 bits per heavy atom. The van der Waals surface area contributed by atoms with E-state index in [1.165, 1.54) is 32.4 Å². The van der Waals surface area contributed by atoms with Gasteiger partial charge in [0.1, 0.15) is 11.5 Å². The lowest BCUT2D eigenvalue weighted by atomic mass is 10.1. The molecule has 0 saturated heterocycles. The summed E-state index contributed by atoms with van der Waals surface area (Å²) in [4.78, 5) is 12.0. The van der Waals surface area contributed by atoms with Crippen molar-refractivity contribution >= 4 is 17.3 Å². The van der Waals surface area contributed by atoms with Crippen molar-refractivity contribution in [3.8, 4) is 11.5 Å². The minimum Gasteiger partial charge on any atom is -0.497 e. The summed E-state index contributed by atoms with van der Waals surface area (Å²) in [7, 11) is 3.03. The average Bonchev–Trinajstić information content (AvgIpc) is 2.61. The van der Waals surface area contributed by atoms with E-state index in [0.29, 0.717) is 17.2 Å². The van der Waals surface area contributed by atoms with Gasteiger partial charge in [-0.25, -0.2) is 0 Å². The van der Waals surface area contributed by atoms with Gasteiger partial charge in [0.2, 0.25) is 5.91 Å². The van der Waals surface area contributed by atoms with Gasteiger partial charge in [-0.2, -0.15) is 13.2 Å². The largest absolute Gasteiger partial charge is 0.497 e. The SMILES string of the molecule is COc1ccc(NCCC(=O)Nc2ccccc2C(F)(F)F)c(OC)c1. The molecule has 140 valence electrons. The summed E-state index contributed by atoms with van der Waals surface area (Å²) in [5, 5.41) is 5.31. The van der Waals surface area contributed by atoms with Crippen molar-refractivity contribution in [3.63, 3.8) is 0 Å². The minimum absolute atomic E-state index is 0.0125. The zero-order valence-electron chi connectivity index (χ0n) is 14.3. The highest BCUT2D eigenvalue weighted by atomic mass is 19.4. The Balaban J connectivity index is 1.95. The van der Waals surface area contributed by atoms with Gasteiger partial charge in [-0.05, 0) is 24.3 Å². The predicted molar refractivity (Wildman–Crippen MR) is 92.7 cm³/mol. The molecule has 5 nitrogen and oxygen atoms in total. The van der Waals surface area contributed by atoms with E-state index in [2.05, 4.69) is 10.6 Å². The molecule has 26 heavy (non-hydrogen) atoms. The molecule has 0 unspecified atom stereocenters. The van der Waals surface area contributed by atoms with Crippen LogP contribution < -0.4 is 20.1 Å². The Labute approximate surface area is 149 Å². The van der Waals surface area contributed by atoms with Gasteiger partial charge in [0, 0.05) is 19.0 Å². The number of alkyl halides is 3. The Bertz CT molecular complexity index is 764. The Hall–Kier alpha value is -2.90. The first-order valence-electron chi connectivity index (χ1n) is 7.77. The standard InChI is InChI=1S/C18H19F3N2O3/c1-25-12-7-8-15(16(11-12)26-2)22-10-9-17(24)23-14-6-4-3-5-13(14)18(19,20)21/h3-8,11,22H,9-10H2,1-2H3,(H,23,24). The Kier molecular flexibility index (Phi) is 6.32. The molecule has 2 N–H and O–H groups in total. The zero-order valence-corrected chi connectivity index (χ0v) is 14.3. The molecule has 1 amide bonds. The highest BCUT2D eigenvalue weighted by Crippen LogP contribution is 2.34. The predicted octanol–water partition coefficient (Wildman–Crippen LogP) is 4.16. The van der Waals surface area contributed by atoms with E-state index in [1.54, 1.807) is 18.2 Å². The second kappa shape index (κ2) is 8.46. The van der Waals surface area contributed by atoms with E-state index in [-0.39, 0.29) is 18.7 Å². The maximum Gasteiger partial charge on any atom is 0.418 e. The molecule has 2 rings (SSSR count). The number of amides is 1. The fourth-order valence-electron chi connectivity index (χ4n) is 2.31. The number of carbonyl (C=O) groups is 1. The highest BCUT2D eigenvalue weighted by molar-refractivity contribution is 5.91. The molecule has 0 aliphatic heterocycles. The third kappa shape index (κ3) is 5.05. The molecule has 0 atom stereocenters. The number of benzene rings is 2. The molecule has 0 fully saturated rings. The summed E-state index contributed by atoms with van der Waals surface area (Å²) in [6.07, 6.45) is -4.54. The van der Waals surface area contributed by atoms with Crippen LogP contribution in [0.1, 0.15) is 12.0 Å². The second-order valence-electron chi connectivity index (χ2n) is 5.33. The van der Waals surface area contributed by atoms with Gasteiger partial charge in [0.05, 0.1) is 31.2 Å². The van der Waals surface area contributed by atoms with Gasteiger partial charge in [-0.3, -0.25) is 4.79 Å². The monoisotopic (exact) mass is 368 g/mol. The third-order valence-electron chi connectivity index (χ3n) is 3.58. The number of rotatable bonds is 7. The van der Waals surface area contributed by atoms with Gasteiger partial charge in [-0.1, -0.05) is 12.1 Å². The summed E-state index contributed by atoms with van der Waals surface area (Å²) in [5.74, 6) is 0.628. The quantitative estimate of drug-likeness (QED) is 0.770. The molecule has 2 aromatic carbocycles. The van der Waals surface area contributed by atoms with Crippen molar-refractivity contribution in [2.75, 3.05) is 31.4 Å². The molecule has 8 heteroatoms. The maximum atomic E-state index is 12.9. The molecule has 0 saturated carbocycles. The molecular formula is C18H19F3N2O3. The topological polar surface area (TPSA) is 59.6 Å². The zero-order chi connectivity index (χ0) is 19.2. The lowest BCUT2D eigenvalue weighted by molar-refractivity contribution is -0.137. The molecule has 0 spiro atoms. The molecular weight excluding hydrogens is 349 g/mol. The summed E-state index contributed by atoms with van der Waals surface area (Å²) < 4.78 is 49.1. The number of ether oxygens (including phenoxy) is 2. The normalized spacial score (nSPS) is 11.0. The Morgan fingerprint density at radius 3 is 2.42 bits per heavy atom. The molecule has 2 aromatic rings. The van der Waals surface area contributed by atoms with Crippen molar-refractivity contribution in [2.24, 2.45) is 0 Å². The van der Waals surface area contributed by atoms with Gasteiger partial charge in [0.15, 0.2) is 0 Å². The third-order valence-corrected chi connectivity index (χ3v) is 3.58. The van der Waals surface area contributed by atoms with Crippen molar-refractivity contribution < 1.29 is 27.4 Å². The van der Waals surface area contributed by atoms with Crippen LogP contribution in [0.15, 0.2) is 42.5 Å². The lowest BCUT2D eigenvalue weighted by Gasteiger charge is -2.14. The molecule has 0 bridgehead atoms. The van der Waals surface area contributed by atoms with E-state index in [4.69, 9.17) is 9.47 Å². The molecule has 0 radical (unpaired) electrons. The van der Waals surface area contributed by atoms with Crippen LogP contribution in [-0.4, -0.2) is 26.7 Å². The fraction of sp³-hybridized carbons (Fsp3) is 0.278. The van der Waals surface area contributed by atoms with Gasteiger partial charge in [0.25, 0.3) is 0 Å². The number of hydrogen-bond acceptors (Lipinski definition) is 4. The molecule has 0 aliphatic carbocycles. The number of anilines is 2. The first-order chi connectivity index (χ1) is 12.3. The van der Waals surface area contributed by atoms with E-state index >= 15 is 0 Å². The number of para-hydroxylation sites is 1. The number of carbonyl (C=O) groups excluding carboxylic acids is 1. The summed E-state index contributed by atoms with van der Waals surface area (Å²) in [6, 6.07) is 10.00. The van der Waals surface area contributed by atoms with Gasteiger partial charge >= 0.3 is 6.18 Å². The van der Waals surface area contributed by atoms with Crippen molar-refractivity contribution in [1.29, 1.82) is 0 Å². The average molecular weight is 368 g/mol. The van der Waals surface area contributed by atoms with Crippen LogP contribution in [0.5, 0.6) is 11.5 Å². The fourth-order valence-corrected chi connectivity index (χ4v) is 2.31. The van der Waals surface area contributed by atoms with Crippen LogP contribution in [0.3, 0.4) is 0 Å². The number of methoxy groups -OCH3 is 2. The Morgan fingerprint density at radius 2 is 1.77 bits per heavy atom. The van der Waals surface area contributed by atoms with E-state index < -0.39 is 17.6 Å². The van der Waals surface area contributed by atoms with E-state index in [9.17, 15) is 18.0 Å². The molecule has 0 heterocycles. The number of hydrogen-bond donors (Lipinski definition) is 2. The van der Waals surface area contributed by atoms with Crippen LogP contribution >= 0.6 is 0 Å². The first kappa shape index (κ1) is 19.4. The van der Waals surface area contributed by atoms with Crippen molar-refractivity contribution in [2.45, 2.75) is 12.6 Å². The number of nitrogens with one attached hydrogen (secondary N) is 2. The summed E-state index contributed by atoms with van der Waals surface area (Å²) >= 11 is 0. The van der Waals surface area contributed by atoms with Gasteiger partial charge < -0.3 is 20.1 Å². The lowest BCUT2D eigenvalue weighted by Crippen LogP contribution is -2.19. The van der Waals surface area contributed by atoms with E-state index in [1.807, 2.05) is 0 Å². The van der Waals surface area contributed by atoms with Crippen LogP contribution in [-0.2, 0) is 11.0 Å². The van der Waals surface area contributed by atoms with Crippen LogP contribution in [0.2, 0.25) is 0 Å².